The number of rotatable bonds is 4. The van der Waals surface area contributed by atoms with Crippen LogP contribution in [0.2, 0.25) is 0 Å². The summed E-state index contributed by atoms with van der Waals surface area (Å²) < 4.78 is 4.62. The number of thioether (sulfide) groups is 1. The van der Waals surface area contributed by atoms with Crippen molar-refractivity contribution in [1.82, 2.24) is 5.32 Å². The Kier molecular flexibility index (Phi) is 5.51. The largest absolute Gasteiger partial charge is 0.468 e. The fourth-order valence-electron chi connectivity index (χ4n) is 2.45. The Hall–Kier alpha value is -2.90. The lowest BCUT2D eigenvalue weighted by atomic mass is 9.82. The third-order valence-corrected chi connectivity index (χ3v) is 4.65. The smallest absolute Gasteiger partial charge is 0.316 e. The first-order chi connectivity index (χ1) is 11.5. The van der Waals surface area contributed by atoms with Gasteiger partial charge in [-0.1, -0.05) is 36.0 Å². The molecule has 3 N–H and O–H groups in total. The number of aryl methyl sites for hydroxylation is 1. The van der Waals surface area contributed by atoms with E-state index in [1.54, 1.807) is 0 Å². The van der Waals surface area contributed by atoms with Gasteiger partial charge in [-0.3, -0.25) is 4.79 Å². The molecular formula is C17H16N4O2S. The zero-order valence-electron chi connectivity index (χ0n) is 13.3. The topological polar surface area (TPSA) is 112 Å². The fourth-order valence-corrected chi connectivity index (χ4v) is 3.33. The highest BCUT2D eigenvalue weighted by Gasteiger charge is 2.32. The Balaban J connectivity index is 2.53. The molecule has 0 amide bonds. The molecule has 1 heterocycles. The molecule has 1 aromatic carbocycles. The van der Waals surface area contributed by atoms with Gasteiger partial charge in [0.05, 0.1) is 47.1 Å². The lowest BCUT2D eigenvalue weighted by Gasteiger charge is -2.27. The Morgan fingerprint density at radius 1 is 1.33 bits per heavy atom. The van der Waals surface area contributed by atoms with E-state index in [4.69, 9.17) is 5.73 Å². The fraction of sp³-hybridized carbons (Fsp3) is 0.235. The number of carbonyl (C=O) groups excluding carboxylic acids is 1. The molecule has 0 spiro atoms. The zero-order valence-corrected chi connectivity index (χ0v) is 14.1. The number of hydrogen-bond donors (Lipinski definition) is 2. The first kappa shape index (κ1) is 17.5. The van der Waals surface area contributed by atoms with Crippen LogP contribution in [0.1, 0.15) is 17.0 Å². The van der Waals surface area contributed by atoms with E-state index in [0.717, 1.165) is 22.9 Å². The first-order valence-corrected chi connectivity index (χ1v) is 8.08. The predicted molar refractivity (Wildman–Crippen MR) is 91.0 cm³/mol. The molecule has 0 bridgehead atoms. The van der Waals surface area contributed by atoms with Crippen molar-refractivity contribution in [3.63, 3.8) is 0 Å². The van der Waals surface area contributed by atoms with Crippen LogP contribution in [0, 0.1) is 29.6 Å². The number of nitrogens with two attached hydrogens (primary N) is 1. The number of hydrogen-bond acceptors (Lipinski definition) is 7. The van der Waals surface area contributed by atoms with Crippen LogP contribution in [-0.4, -0.2) is 18.8 Å². The van der Waals surface area contributed by atoms with Crippen molar-refractivity contribution in [3.05, 3.63) is 57.4 Å². The summed E-state index contributed by atoms with van der Waals surface area (Å²) in [6.07, 6.45) is 0. The maximum atomic E-state index is 11.4. The zero-order chi connectivity index (χ0) is 17.7. The molecule has 7 heteroatoms. The predicted octanol–water partition coefficient (Wildman–Crippen LogP) is 2.02. The lowest BCUT2D eigenvalue weighted by Crippen LogP contribution is -2.30. The van der Waals surface area contributed by atoms with Gasteiger partial charge >= 0.3 is 5.97 Å². The summed E-state index contributed by atoms with van der Waals surface area (Å²) in [7, 11) is 1.30. The summed E-state index contributed by atoms with van der Waals surface area (Å²) in [5.74, 6) is -0.730. The number of methoxy groups -OCH3 is 1. The quantitative estimate of drug-likeness (QED) is 0.806. The summed E-state index contributed by atoms with van der Waals surface area (Å²) in [5, 5.41) is 22.5. The second-order valence-electron chi connectivity index (χ2n) is 5.07. The molecule has 0 aliphatic carbocycles. The van der Waals surface area contributed by atoms with Crippen LogP contribution in [0.4, 0.5) is 0 Å². The summed E-state index contributed by atoms with van der Waals surface area (Å²) in [5.41, 5.74) is 8.44. The molecule has 0 saturated heterocycles. The van der Waals surface area contributed by atoms with Gasteiger partial charge in [-0.05, 0) is 18.1 Å². The van der Waals surface area contributed by atoms with Crippen molar-refractivity contribution in [2.45, 2.75) is 12.8 Å². The SMILES string of the molecule is COC(=O)CSC1=C(C#N)C(c2ccccc2C)C(C#N)=C(N)N1. The van der Waals surface area contributed by atoms with Crippen LogP contribution in [0.3, 0.4) is 0 Å². The van der Waals surface area contributed by atoms with Crippen molar-refractivity contribution < 1.29 is 9.53 Å². The molecule has 0 saturated carbocycles. The molecule has 122 valence electrons. The standard InChI is InChI=1S/C17H16N4O2S/c1-10-5-3-4-6-11(10)15-12(7-18)16(20)21-17(13(15)8-19)24-9-14(22)23-2/h3-6,15,21H,9,20H2,1-2H3. The minimum absolute atomic E-state index is 0.0413. The van der Waals surface area contributed by atoms with E-state index >= 15 is 0 Å². The van der Waals surface area contributed by atoms with Crippen molar-refractivity contribution in [1.29, 1.82) is 10.5 Å². The van der Waals surface area contributed by atoms with Crippen LogP contribution in [0.15, 0.2) is 46.3 Å². The lowest BCUT2D eigenvalue weighted by molar-refractivity contribution is -0.137. The minimum atomic E-state index is -0.553. The maximum Gasteiger partial charge on any atom is 0.316 e. The van der Waals surface area contributed by atoms with E-state index < -0.39 is 11.9 Å². The Morgan fingerprint density at radius 2 is 2.00 bits per heavy atom. The Labute approximate surface area is 144 Å². The van der Waals surface area contributed by atoms with Crippen LogP contribution < -0.4 is 11.1 Å². The molecule has 1 aromatic rings. The van der Waals surface area contributed by atoms with E-state index in [1.165, 1.54) is 7.11 Å². The number of benzene rings is 1. The van der Waals surface area contributed by atoms with Gasteiger partial charge in [0.2, 0.25) is 0 Å². The third kappa shape index (κ3) is 3.37. The molecule has 1 aliphatic rings. The van der Waals surface area contributed by atoms with Crippen LogP contribution in [0.5, 0.6) is 0 Å². The number of nitrogens with one attached hydrogen (secondary N) is 1. The van der Waals surface area contributed by atoms with Crippen molar-refractivity contribution in [2.24, 2.45) is 5.73 Å². The number of carbonyl (C=O) groups is 1. The van der Waals surface area contributed by atoms with E-state index in [2.05, 4.69) is 22.2 Å². The number of dihydropyridines is 1. The monoisotopic (exact) mass is 340 g/mol. The van der Waals surface area contributed by atoms with Gasteiger partial charge in [-0.15, -0.1) is 0 Å². The number of nitrogens with zero attached hydrogens (tertiary/aromatic N) is 2. The molecule has 0 aromatic heterocycles. The molecule has 6 nitrogen and oxygen atoms in total. The molecular weight excluding hydrogens is 324 g/mol. The number of ether oxygens (including phenoxy) is 1. The summed E-state index contributed by atoms with van der Waals surface area (Å²) in [6.45, 7) is 1.92. The summed E-state index contributed by atoms with van der Waals surface area (Å²) >= 11 is 1.13. The normalized spacial score (nSPS) is 16.9. The van der Waals surface area contributed by atoms with Gasteiger partial charge in [0.15, 0.2) is 0 Å². The number of nitriles is 2. The van der Waals surface area contributed by atoms with Crippen molar-refractivity contribution >= 4 is 17.7 Å². The Morgan fingerprint density at radius 3 is 2.58 bits per heavy atom. The van der Waals surface area contributed by atoms with E-state index in [-0.39, 0.29) is 11.6 Å². The molecule has 2 rings (SSSR count). The Bertz CT molecular complexity index is 815. The van der Waals surface area contributed by atoms with Gasteiger partial charge < -0.3 is 15.8 Å². The second kappa shape index (κ2) is 7.58. The average molecular weight is 340 g/mol. The van der Waals surface area contributed by atoms with Crippen LogP contribution in [0.25, 0.3) is 0 Å². The number of allylic oxidation sites excluding steroid dienone is 2. The molecule has 1 aliphatic heterocycles. The molecule has 0 fully saturated rings. The maximum absolute atomic E-state index is 11.4. The van der Waals surface area contributed by atoms with Gasteiger partial charge in [0.25, 0.3) is 0 Å². The summed E-state index contributed by atoms with van der Waals surface area (Å²) in [6, 6.07) is 11.8. The van der Waals surface area contributed by atoms with Gasteiger partial charge in [0.1, 0.15) is 5.82 Å². The molecule has 0 radical (unpaired) electrons. The first-order valence-electron chi connectivity index (χ1n) is 7.09. The van der Waals surface area contributed by atoms with E-state index in [0.29, 0.717) is 16.2 Å². The highest BCUT2D eigenvalue weighted by molar-refractivity contribution is 8.03. The van der Waals surface area contributed by atoms with Crippen LogP contribution in [-0.2, 0) is 9.53 Å². The second-order valence-corrected chi connectivity index (χ2v) is 6.06. The van der Waals surface area contributed by atoms with Crippen molar-refractivity contribution in [2.75, 3.05) is 12.9 Å². The van der Waals surface area contributed by atoms with Crippen LogP contribution >= 0.6 is 11.8 Å². The van der Waals surface area contributed by atoms with E-state index in [1.807, 2.05) is 31.2 Å². The number of esters is 1. The van der Waals surface area contributed by atoms with E-state index in [9.17, 15) is 15.3 Å². The average Bonchev–Trinajstić information content (AvgIpc) is 2.59. The highest BCUT2D eigenvalue weighted by atomic mass is 32.2. The summed E-state index contributed by atoms with van der Waals surface area (Å²) in [4.78, 5) is 11.4. The third-order valence-electron chi connectivity index (χ3n) is 3.66. The highest BCUT2D eigenvalue weighted by Crippen LogP contribution is 2.40. The minimum Gasteiger partial charge on any atom is -0.468 e. The van der Waals surface area contributed by atoms with Gasteiger partial charge in [0, 0.05) is 0 Å². The van der Waals surface area contributed by atoms with Gasteiger partial charge in [-0.2, -0.15) is 10.5 Å². The van der Waals surface area contributed by atoms with Gasteiger partial charge in [-0.25, -0.2) is 0 Å². The molecule has 24 heavy (non-hydrogen) atoms. The molecule has 1 atom stereocenters. The molecule has 1 unspecified atom stereocenters. The van der Waals surface area contributed by atoms with Crippen molar-refractivity contribution in [3.8, 4) is 12.1 Å².